The van der Waals surface area contributed by atoms with Crippen molar-refractivity contribution in [2.75, 3.05) is 10.6 Å². The van der Waals surface area contributed by atoms with Crippen molar-refractivity contribution in [2.24, 2.45) is 7.05 Å². The Bertz CT molecular complexity index is 1080. The van der Waals surface area contributed by atoms with Crippen LogP contribution in [0.4, 0.5) is 10.8 Å². The summed E-state index contributed by atoms with van der Waals surface area (Å²) in [7, 11) is 1.79. The first-order chi connectivity index (χ1) is 14.2. The van der Waals surface area contributed by atoms with Crippen LogP contribution in [0.15, 0.2) is 28.7 Å². The molecule has 2 aromatic heterocycles. The van der Waals surface area contributed by atoms with Crippen LogP contribution >= 0.6 is 23.1 Å². The summed E-state index contributed by atoms with van der Waals surface area (Å²) >= 11 is 2.67. The number of carbonyl (C=O) groups is 2. The number of amides is 2. The van der Waals surface area contributed by atoms with E-state index in [1.54, 1.807) is 18.5 Å². The number of hydrogen-bond donors (Lipinski definition) is 2. The molecule has 3 rings (SSSR count). The summed E-state index contributed by atoms with van der Waals surface area (Å²) in [5.41, 5.74) is 3.80. The molecule has 1 atom stereocenters. The van der Waals surface area contributed by atoms with Crippen LogP contribution in [0.3, 0.4) is 0 Å². The molecule has 0 aliphatic rings. The molecule has 30 heavy (non-hydrogen) atoms. The SMILES string of the molecule is Cc1ccc(NC(=O)Cc2nnc(S[C@H](C)C(=O)Nc3nc(C)cs3)n2C)c(C)c1. The monoisotopic (exact) mass is 444 g/mol. The minimum Gasteiger partial charge on any atom is -0.325 e. The molecule has 2 heterocycles. The summed E-state index contributed by atoms with van der Waals surface area (Å²) in [5, 5.41) is 16.6. The van der Waals surface area contributed by atoms with Gasteiger partial charge in [-0.05, 0) is 39.3 Å². The number of hydrogen-bond acceptors (Lipinski definition) is 7. The van der Waals surface area contributed by atoms with Gasteiger partial charge in [0, 0.05) is 18.1 Å². The van der Waals surface area contributed by atoms with Crippen LogP contribution in [-0.4, -0.2) is 36.8 Å². The lowest BCUT2D eigenvalue weighted by atomic mass is 10.1. The quantitative estimate of drug-likeness (QED) is 0.541. The molecular weight excluding hydrogens is 420 g/mol. The van der Waals surface area contributed by atoms with Gasteiger partial charge in [0.25, 0.3) is 0 Å². The third kappa shape index (κ3) is 5.45. The summed E-state index contributed by atoms with van der Waals surface area (Å²) in [4.78, 5) is 29.1. The van der Waals surface area contributed by atoms with Gasteiger partial charge in [0.1, 0.15) is 5.82 Å². The molecule has 0 unspecified atom stereocenters. The summed E-state index contributed by atoms with van der Waals surface area (Å²) in [5.74, 6) is 0.202. The van der Waals surface area contributed by atoms with Gasteiger partial charge < -0.3 is 15.2 Å². The first kappa shape index (κ1) is 22.0. The maximum Gasteiger partial charge on any atom is 0.239 e. The average molecular weight is 445 g/mol. The highest BCUT2D eigenvalue weighted by molar-refractivity contribution is 8.00. The second-order valence-electron chi connectivity index (χ2n) is 7.04. The van der Waals surface area contributed by atoms with Crippen LogP contribution in [0.5, 0.6) is 0 Å². The predicted octanol–water partition coefficient (Wildman–Crippen LogP) is 3.50. The summed E-state index contributed by atoms with van der Waals surface area (Å²) in [6, 6.07) is 5.87. The Hall–Kier alpha value is -2.72. The molecule has 0 aliphatic heterocycles. The molecule has 3 aromatic rings. The van der Waals surface area contributed by atoms with Crippen LogP contribution in [0.25, 0.3) is 0 Å². The number of rotatable bonds is 7. The molecule has 10 heteroatoms. The first-order valence-corrected chi connectivity index (χ1v) is 11.1. The van der Waals surface area contributed by atoms with Crippen molar-refractivity contribution in [1.29, 1.82) is 0 Å². The van der Waals surface area contributed by atoms with E-state index in [1.165, 1.54) is 23.1 Å². The topological polar surface area (TPSA) is 102 Å². The van der Waals surface area contributed by atoms with E-state index < -0.39 is 5.25 Å². The highest BCUT2D eigenvalue weighted by Gasteiger charge is 2.20. The molecule has 158 valence electrons. The van der Waals surface area contributed by atoms with Crippen molar-refractivity contribution < 1.29 is 9.59 Å². The Kier molecular flexibility index (Phi) is 6.88. The fourth-order valence-electron chi connectivity index (χ4n) is 2.72. The lowest BCUT2D eigenvalue weighted by Crippen LogP contribution is -2.23. The van der Waals surface area contributed by atoms with E-state index in [1.807, 2.05) is 44.4 Å². The zero-order valence-corrected chi connectivity index (χ0v) is 19.1. The molecule has 8 nitrogen and oxygen atoms in total. The number of nitrogens with one attached hydrogen (secondary N) is 2. The van der Waals surface area contributed by atoms with E-state index in [-0.39, 0.29) is 18.2 Å². The molecule has 2 N–H and O–H groups in total. The highest BCUT2D eigenvalue weighted by atomic mass is 32.2. The molecule has 0 radical (unpaired) electrons. The Morgan fingerprint density at radius 3 is 2.63 bits per heavy atom. The molecule has 0 saturated heterocycles. The van der Waals surface area contributed by atoms with E-state index >= 15 is 0 Å². The Morgan fingerprint density at radius 2 is 1.97 bits per heavy atom. The molecular formula is C20H24N6O2S2. The number of thiazole rings is 1. The second-order valence-corrected chi connectivity index (χ2v) is 9.21. The van der Waals surface area contributed by atoms with Crippen molar-refractivity contribution in [2.45, 2.75) is 44.5 Å². The van der Waals surface area contributed by atoms with Crippen molar-refractivity contribution in [3.63, 3.8) is 0 Å². The molecule has 0 bridgehead atoms. The summed E-state index contributed by atoms with van der Waals surface area (Å²) in [6.07, 6.45) is 0.0936. The standard InChI is InChI=1S/C20H24N6O2S2/c1-11-6-7-15(12(2)8-11)22-17(27)9-16-24-25-20(26(16)5)30-14(4)18(28)23-19-21-13(3)10-29-19/h6-8,10,14H,9H2,1-5H3,(H,22,27)(H,21,23,28)/t14-/m1/s1. The normalized spacial score (nSPS) is 11.9. The van der Waals surface area contributed by atoms with Crippen LogP contribution in [-0.2, 0) is 23.1 Å². The van der Waals surface area contributed by atoms with Gasteiger partial charge in [-0.3, -0.25) is 9.59 Å². The van der Waals surface area contributed by atoms with Gasteiger partial charge in [-0.1, -0.05) is 29.5 Å². The number of nitrogens with zero attached hydrogens (tertiary/aromatic N) is 4. The number of thioether (sulfide) groups is 1. The number of aryl methyl sites for hydroxylation is 3. The van der Waals surface area contributed by atoms with Gasteiger partial charge >= 0.3 is 0 Å². The van der Waals surface area contributed by atoms with Gasteiger partial charge in [-0.2, -0.15) is 0 Å². The smallest absolute Gasteiger partial charge is 0.239 e. The van der Waals surface area contributed by atoms with E-state index in [0.717, 1.165) is 22.5 Å². The molecule has 0 fully saturated rings. The Balaban J connectivity index is 1.59. The molecule has 0 spiro atoms. The lowest BCUT2D eigenvalue weighted by Gasteiger charge is -2.11. The molecule has 0 aliphatic carbocycles. The van der Waals surface area contributed by atoms with Gasteiger partial charge in [0.2, 0.25) is 11.8 Å². The van der Waals surface area contributed by atoms with Crippen molar-refractivity contribution in [1.82, 2.24) is 19.7 Å². The molecule has 0 saturated carbocycles. The van der Waals surface area contributed by atoms with Gasteiger partial charge in [0.15, 0.2) is 10.3 Å². The fourth-order valence-corrected chi connectivity index (χ4v) is 4.25. The minimum atomic E-state index is -0.394. The van der Waals surface area contributed by atoms with Crippen molar-refractivity contribution >= 4 is 45.7 Å². The zero-order chi connectivity index (χ0) is 21.8. The fraction of sp³-hybridized carbons (Fsp3) is 0.350. The molecule has 2 amide bonds. The van der Waals surface area contributed by atoms with Crippen molar-refractivity contribution in [3.8, 4) is 0 Å². The highest BCUT2D eigenvalue weighted by Crippen LogP contribution is 2.24. The largest absolute Gasteiger partial charge is 0.325 e. The van der Waals surface area contributed by atoms with Gasteiger partial charge in [-0.15, -0.1) is 21.5 Å². The van der Waals surface area contributed by atoms with E-state index in [4.69, 9.17) is 0 Å². The zero-order valence-electron chi connectivity index (χ0n) is 17.5. The Labute approximate surface area is 183 Å². The summed E-state index contributed by atoms with van der Waals surface area (Å²) in [6.45, 7) is 7.64. The third-order valence-corrected chi connectivity index (χ3v) is 6.41. The maximum absolute atomic E-state index is 12.4. The van der Waals surface area contributed by atoms with Gasteiger partial charge in [0.05, 0.1) is 17.4 Å². The maximum atomic E-state index is 12.4. The summed E-state index contributed by atoms with van der Waals surface area (Å²) < 4.78 is 1.74. The van der Waals surface area contributed by atoms with E-state index in [0.29, 0.717) is 16.1 Å². The van der Waals surface area contributed by atoms with Crippen LogP contribution in [0.2, 0.25) is 0 Å². The number of aromatic nitrogens is 4. The number of benzene rings is 1. The minimum absolute atomic E-state index is 0.0936. The first-order valence-electron chi connectivity index (χ1n) is 9.38. The Morgan fingerprint density at radius 1 is 1.20 bits per heavy atom. The third-order valence-electron chi connectivity index (χ3n) is 4.40. The van der Waals surface area contributed by atoms with E-state index in [9.17, 15) is 9.59 Å². The van der Waals surface area contributed by atoms with Crippen LogP contribution in [0, 0.1) is 20.8 Å². The van der Waals surface area contributed by atoms with Crippen LogP contribution in [0.1, 0.15) is 29.6 Å². The predicted molar refractivity (Wildman–Crippen MR) is 120 cm³/mol. The van der Waals surface area contributed by atoms with Crippen molar-refractivity contribution in [3.05, 3.63) is 46.2 Å². The number of anilines is 2. The van der Waals surface area contributed by atoms with E-state index in [2.05, 4.69) is 25.8 Å². The van der Waals surface area contributed by atoms with Gasteiger partial charge in [-0.25, -0.2) is 4.98 Å². The number of carbonyl (C=O) groups excluding carboxylic acids is 2. The van der Waals surface area contributed by atoms with Crippen LogP contribution < -0.4 is 10.6 Å². The lowest BCUT2D eigenvalue weighted by molar-refractivity contribution is -0.116. The molecule has 1 aromatic carbocycles. The average Bonchev–Trinajstić information content (AvgIpc) is 3.24. The second kappa shape index (κ2) is 9.40.